The lowest BCUT2D eigenvalue weighted by Gasteiger charge is -2.28. The quantitative estimate of drug-likeness (QED) is 0.411. The summed E-state index contributed by atoms with van der Waals surface area (Å²) in [6.07, 6.45) is 2.30. The number of amidine groups is 1. The third-order valence-corrected chi connectivity index (χ3v) is 5.11. The maximum atomic E-state index is 12.6. The molecule has 0 aliphatic carbocycles. The summed E-state index contributed by atoms with van der Waals surface area (Å²) in [5, 5.41) is 10.3. The van der Waals surface area contributed by atoms with Gasteiger partial charge in [-0.1, -0.05) is 44.5 Å². The topological polar surface area (TPSA) is 125 Å². The third kappa shape index (κ3) is 5.68. The number of carbonyl (C=O) groups excluding carboxylic acids is 2. The molecule has 0 radical (unpaired) electrons. The van der Waals surface area contributed by atoms with E-state index in [1.807, 2.05) is 26.0 Å². The molecule has 1 saturated heterocycles. The lowest BCUT2D eigenvalue weighted by Crippen LogP contribution is -2.52. The van der Waals surface area contributed by atoms with Crippen LogP contribution in [0.2, 0.25) is 0 Å². The summed E-state index contributed by atoms with van der Waals surface area (Å²) < 4.78 is 0. The first-order valence-electron chi connectivity index (χ1n) is 9.12. The number of rotatable bonds is 7. The Morgan fingerprint density at radius 1 is 1.33 bits per heavy atom. The highest BCUT2D eigenvalue weighted by molar-refractivity contribution is 5.95. The van der Waals surface area contributed by atoms with Crippen molar-refractivity contribution in [1.82, 2.24) is 10.2 Å². The summed E-state index contributed by atoms with van der Waals surface area (Å²) in [6.45, 7) is 4.91. The van der Waals surface area contributed by atoms with E-state index in [0.29, 0.717) is 25.1 Å². The number of nitrogens with zero attached hydrogens (tertiary/aromatic N) is 1. The number of halogens is 1. The van der Waals surface area contributed by atoms with Crippen LogP contribution in [0.5, 0.6) is 0 Å². The van der Waals surface area contributed by atoms with Crippen LogP contribution in [0.1, 0.15) is 44.2 Å². The molecule has 2 unspecified atom stereocenters. The molecule has 1 aromatic carbocycles. The predicted octanol–water partition coefficient (Wildman–Crippen LogP) is 1.37. The molecule has 27 heavy (non-hydrogen) atoms. The Bertz CT molecular complexity index is 665. The smallest absolute Gasteiger partial charge is 0.243 e. The molecule has 6 N–H and O–H groups in total. The lowest BCUT2D eigenvalue weighted by atomic mass is 9.98. The Morgan fingerprint density at radius 2 is 1.96 bits per heavy atom. The van der Waals surface area contributed by atoms with Crippen LogP contribution in [-0.2, 0) is 16.1 Å². The number of hydrogen-bond acceptors (Lipinski definition) is 4. The van der Waals surface area contributed by atoms with E-state index in [1.54, 1.807) is 17.0 Å². The van der Waals surface area contributed by atoms with Gasteiger partial charge in [0.2, 0.25) is 11.8 Å². The van der Waals surface area contributed by atoms with Crippen LogP contribution in [0.25, 0.3) is 0 Å². The minimum atomic E-state index is -0.562. The van der Waals surface area contributed by atoms with E-state index in [2.05, 4.69) is 5.32 Å². The molecule has 1 fully saturated rings. The molecule has 7 nitrogen and oxygen atoms in total. The summed E-state index contributed by atoms with van der Waals surface area (Å²) in [7, 11) is 0. The van der Waals surface area contributed by atoms with Crippen LogP contribution in [0.3, 0.4) is 0 Å². The lowest BCUT2D eigenvalue weighted by molar-refractivity contribution is -0.140. The molecule has 3 atom stereocenters. The maximum absolute atomic E-state index is 12.6. The van der Waals surface area contributed by atoms with Crippen molar-refractivity contribution in [1.29, 1.82) is 5.41 Å². The van der Waals surface area contributed by atoms with E-state index in [9.17, 15) is 9.59 Å². The fraction of sp³-hybridized carbons (Fsp3) is 0.526. The van der Waals surface area contributed by atoms with E-state index in [1.165, 1.54) is 0 Å². The number of nitrogens with two attached hydrogens (primary N) is 2. The average molecular weight is 396 g/mol. The highest BCUT2D eigenvalue weighted by Crippen LogP contribution is 2.20. The van der Waals surface area contributed by atoms with E-state index < -0.39 is 12.1 Å². The van der Waals surface area contributed by atoms with Crippen LogP contribution in [-0.4, -0.2) is 41.2 Å². The van der Waals surface area contributed by atoms with Gasteiger partial charge >= 0.3 is 0 Å². The normalized spacial score (nSPS) is 18.3. The van der Waals surface area contributed by atoms with Gasteiger partial charge in [-0.05, 0) is 24.3 Å². The second-order valence-electron chi connectivity index (χ2n) is 6.93. The minimum absolute atomic E-state index is 0. The first-order valence-corrected chi connectivity index (χ1v) is 9.12. The van der Waals surface area contributed by atoms with Gasteiger partial charge in [-0.2, -0.15) is 0 Å². The first-order chi connectivity index (χ1) is 12.3. The van der Waals surface area contributed by atoms with Crippen LogP contribution in [0.4, 0.5) is 0 Å². The maximum Gasteiger partial charge on any atom is 0.243 e. The summed E-state index contributed by atoms with van der Waals surface area (Å²) in [5.41, 5.74) is 13.1. The van der Waals surface area contributed by atoms with Gasteiger partial charge in [0.15, 0.2) is 0 Å². The molecular weight excluding hydrogens is 366 g/mol. The van der Waals surface area contributed by atoms with Gasteiger partial charge in [0.05, 0.1) is 6.04 Å². The summed E-state index contributed by atoms with van der Waals surface area (Å²) in [4.78, 5) is 26.8. The SMILES string of the molecule is CCC(C)C(N)C(=O)N1CCC[C@H]1C(=O)NCc1ccc(C(=N)N)cc1.Cl. The Kier molecular flexibility index (Phi) is 8.72. The Balaban J connectivity index is 0.00000364. The van der Waals surface area contributed by atoms with Gasteiger partial charge in [-0.3, -0.25) is 15.0 Å². The van der Waals surface area contributed by atoms with Crippen molar-refractivity contribution in [2.75, 3.05) is 6.54 Å². The van der Waals surface area contributed by atoms with E-state index in [-0.39, 0.29) is 36.0 Å². The molecule has 0 bridgehead atoms. The average Bonchev–Trinajstić information content (AvgIpc) is 3.14. The van der Waals surface area contributed by atoms with Crippen molar-refractivity contribution in [3.05, 3.63) is 35.4 Å². The van der Waals surface area contributed by atoms with Crippen LogP contribution >= 0.6 is 12.4 Å². The fourth-order valence-electron chi connectivity index (χ4n) is 3.10. The molecule has 1 aromatic rings. The second-order valence-corrected chi connectivity index (χ2v) is 6.93. The zero-order chi connectivity index (χ0) is 19.3. The fourth-order valence-corrected chi connectivity index (χ4v) is 3.10. The predicted molar refractivity (Wildman–Crippen MR) is 109 cm³/mol. The minimum Gasteiger partial charge on any atom is -0.384 e. The standard InChI is InChI=1S/C19H29N5O2.ClH/c1-3-12(2)16(20)19(26)24-10-4-5-15(24)18(25)23-11-13-6-8-14(9-7-13)17(21)22;/h6-9,12,15-16H,3-5,10-11,20H2,1-2H3,(H3,21,22)(H,23,25);1H/t12?,15-,16?;/m0./s1. The number of amides is 2. The van der Waals surface area contributed by atoms with Gasteiger partial charge < -0.3 is 21.7 Å². The van der Waals surface area contributed by atoms with Crippen molar-refractivity contribution in [2.45, 2.75) is 51.7 Å². The van der Waals surface area contributed by atoms with Crippen molar-refractivity contribution < 1.29 is 9.59 Å². The molecule has 150 valence electrons. The molecule has 1 aliphatic rings. The third-order valence-electron chi connectivity index (χ3n) is 5.11. The molecular formula is C19H30ClN5O2. The van der Waals surface area contributed by atoms with Crippen molar-refractivity contribution in [2.24, 2.45) is 17.4 Å². The van der Waals surface area contributed by atoms with Crippen molar-refractivity contribution in [3.8, 4) is 0 Å². The van der Waals surface area contributed by atoms with Gasteiger partial charge in [0.1, 0.15) is 11.9 Å². The number of likely N-dealkylation sites (tertiary alicyclic amines) is 1. The highest BCUT2D eigenvalue weighted by Gasteiger charge is 2.37. The first kappa shape index (κ1) is 22.9. The van der Waals surface area contributed by atoms with Gasteiger partial charge in [0.25, 0.3) is 0 Å². The zero-order valence-corrected chi connectivity index (χ0v) is 16.7. The molecule has 0 saturated carbocycles. The monoisotopic (exact) mass is 395 g/mol. The summed E-state index contributed by atoms with van der Waals surface area (Å²) in [5.74, 6) is -0.185. The number of benzene rings is 1. The number of hydrogen-bond donors (Lipinski definition) is 4. The van der Waals surface area contributed by atoms with Crippen LogP contribution in [0.15, 0.2) is 24.3 Å². The van der Waals surface area contributed by atoms with Gasteiger partial charge in [-0.25, -0.2) is 0 Å². The molecule has 1 aliphatic heterocycles. The Hall–Kier alpha value is -2.12. The molecule has 2 rings (SSSR count). The van der Waals surface area contributed by atoms with Crippen LogP contribution in [0, 0.1) is 11.3 Å². The van der Waals surface area contributed by atoms with E-state index >= 15 is 0 Å². The number of nitrogens with one attached hydrogen (secondary N) is 2. The zero-order valence-electron chi connectivity index (χ0n) is 15.9. The van der Waals surface area contributed by atoms with Crippen LogP contribution < -0.4 is 16.8 Å². The molecule has 0 aromatic heterocycles. The second kappa shape index (κ2) is 10.3. The van der Waals surface area contributed by atoms with Gasteiger partial charge in [-0.15, -0.1) is 12.4 Å². The summed E-state index contributed by atoms with van der Waals surface area (Å²) >= 11 is 0. The Morgan fingerprint density at radius 3 is 2.52 bits per heavy atom. The highest BCUT2D eigenvalue weighted by atomic mass is 35.5. The molecule has 2 amide bonds. The molecule has 0 spiro atoms. The molecule has 8 heteroatoms. The Labute approximate surface area is 166 Å². The van der Waals surface area contributed by atoms with E-state index in [0.717, 1.165) is 18.4 Å². The largest absolute Gasteiger partial charge is 0.384 e. The number of nitrogen functional groups attached to an aromatic ring is 1. The molecule has 1 heterocycles. The number of carbonyl (C=O) groups is 2. The van der Waals surface area contributed by atoms with Crippen molar-refractivity contribution in [3.63, 3.8) is 0 Å². The van der Waals surface area contributed by atoms with Crippen molar-refractivity contribution >= 4 is 30.1 Å². The van der Waals surface area contributed by atoms with E-state index in [4.69, 9.17) is 16.9 Å². The summed E-state index contributed by atoms with van der Waals surface area (Å²) in [6, 6.07) is 6.14. The van der Waals surface area contributed by atoms with Gasteiger partial charge in [0, 0.05) is 18.7 Å².